The third-order valence-corrected chi connectivity index (χ3v) is 4.61. The van der Waals surface area contributed by atoms with Crippen molar-refractivity contribution >= 4 is 39.3 Å². The summed E-state index contributed by atoms with van der Waals surface area (Å²) in [6.07, 6.45) is 0. The van der Waals surface area contributed by atoms with Crippen LogP contribution in [0.4, 0.5) is 0 Å². The quantitative estimate of drug-likeness (QED) is 0.387. The standard InChI is InChI=1S/C17H17BrN2O3S/c1-11(15-8-14(21)5-6-16(15)22)19-20-17(23)10-24-9-12-3-2-4-13(18)7-12/h2-8,21-22H,9-10H2,1H3,(H,20,23). The van der Waals surface area contributed by atoms with Gasteiger partial charge in [0.2, 0.25) is 5.91 Å². The summed E-state index contributed by atoms with van der Waals surface area (Å²) in [4.78, 5) is 11.8. The number of benzene rings is 2. The number of nitrogens with zero attached hydrogens (tertiary/aromatic N) is 1. The van der Waals surface area contributed by atoms with E-state index in [1.807, 2.05) is 24.3 Å². The van der Waals surface area contributed by atoms with Gasteiger partial charge < -0.3 is 10.2 Å². The Balaban J connectivity index is 1.84. The fourth-order valence-corrected chi connectivity index (χ4v) is 3.15. The van der Waals surface area contributed by atoms with Crippen molar-refractivity contribution in [3.63, 3.8) is 0 Å². The first kappa shape index (κ1) is 18.4. The van der Waals surface area contributed by atoms with Crippen LogP contribution in [0.3, 0.4) is 0 Å². The molecule has 0 aliphatic carbocycles. The van der Waals surface area contributed by atoms with Crippen molar-refractivity contribution in [2.24, 2.45) is 5.10 Å². The molecule has 0 atom stereocenters. The first-order valence-corrected chi connectivity index (χ1v) is 9.08. The van der Waals surface area contributed by atoms with Gasteiger partial charge in [-0.2, -0.15) is 5.10 Å². The van der Waals surface area contributed by atoms with Gasteiger partial charge in [0.1, 0.15) is 11.5 Å². The number of amides is 1. The molecule has 0 spiro atoms. The van der Waals surface area contributed by atoms with Crippen LogP contribution in [0.2, 0.25) is 0 Å². The van der Waals surface area contributed by atoms with Crippen LogP contribution in [-0.2, 0) is 10.5 Å². The maximum Gasteiger partial charge on any atom is 0.250 e. The predicted octanol–water partition coefficient (Wildman–Crippen LogP) is 3.63. The van der Waals surface area contributed by atoms with Crippen LogP contribution in [0.25, 0.3) is 0 Å². The van der Waals surface area contributed by atoms with E-state index in [9.17, 15) is 15.0 Å². The van der Waals surface area contributed by atoms with Gasteiger partial charge in [-0.3, -0.25) is 4.79 Å². The molecule has 0 saturated carbocycles. The lowest BCUT2D eigenvalue weighted by Gasteiger charge is -2.06. The van der Waals surface area contributed by atoms with E-state index in [0.717, 1.165) is 15.8 Å². The Morgan fingerprint density at radius 2 is 2.04 bits per heavy atom. The summed E-state index contributed by atoms with van der Waals surface area (Å²) in [6, 6.07) is 12.1. The van der Waals surface area contributed by atoms with Crippen molar-refractivity contribution in [2.45, 2.75) is 12.7 Å². The van der Waals surface area contributed by atoms with Crippen LogP contribution in [0, 0.1) is 0 Å². The second-order valence-corrected chi connectivity index (χ2v) is 6.96. The van der Waals surface area contributed by atoms with Crippen molar-refractivity contribution in [3.05, 3.63) is 58.1 Å². The molecule has 0 aromatic heterocycles. The molecule has 5 nitrogen and oxygen atoms in total. The highest BCUT2D eigenvalue weighted by molar-refractivity contribution is 9.10. The molecule has 0 aliphatic heterocycles. The van der Waals surface area contributed by atoms with E-state index >= 15 is 0 Å². The van der Waals surface area contributed by atoms with Gasteiger partial charge in [0.15, 0.2) is 0 Å². The molecule has 2 rings (SSSR count). The first-order chi connectivity index (χ1) is 11.5. The van der Waals surface area contributed by atoms with Crippen molar-refractivity contribution < 1.29 is 15.0 Å². The van der Waals surface area contributed by atoms with Crippen LogP contribution >= 0.6 is 27.7 Å². The molecule has 0 heterocycles. The minimum atomic E-state index is -0.228. The molecular formula is C17H17BrN2O3S. The fraction of sp³-hybridized carbons (Fsp3) is 0.176. The molecule has 7 heteroatoms. The highest BCUT2D eigenvalue weighted by atomic mass is 79.9. The van der Waals surface area contributed by atoms with E-state index in [1.165, 1.54) is 30.0 Å². The zero-order valence-corrected chi connectivity index (χ0v) is 15.4. The largest absolute Gasteiger partial charge is 0.508 e. The summed E-state index contributed by atoms with van der Waals surface area (Å²) in [5, 5.41) is 23.2. The Bertz CT molecular complexity index is 765. The average molecular weight is 409 g/mol. The van der Waals surface area contributed by atoms with Crippen molar-refractivity contribution in [3.8, 4) is 11.5 Å². The molecule has 0 radical (unpaired) electrons. The SMILES string of the molecule is CC(=NNC(=O)CSCc1cccc(Br)c1)c1cc(O)ccc1O. The third kappa shape index (κ3) is 5.58. The van der Waals surface area contributed by atoms with Gasteiger partial charge in [0.05, 0.1) is 11.5 Å². The smallest absolute Gasteiger partial charge is 0.250 e. The van der Waals surface area contributed by atoms with Crippen LogP contribution in [0.15, 0.2) is 52.0 Å². The number of halogens is 1. The minimum absolute atomic E-state index is 0.00710. The lowest BCUT2D eigenvalue weighted by atomic mass is 10.1. The maximum absolute atomic E-state index is 11.8. The summed E-state index contributed by atoms with van der Waals surface area (Å²) in [7, 11) is 0. The van der Waals surface area contributed by atoms with Crippen molar-refractivity contribution in [1.82, 2.24) is 5.43 Å². The van der Waals surface area contributed by atoms with Gasteiger partial charge >= 0.3 is 0 Å². The molecule has 0 saturated heterocycles. The summed E-state index contributed by atoms with van der Waals surface area (Å²) in [5.41, 5.74) is 4.37. The average Bonchev–Trinajstić information content (AvgIpc) is 2.55. The van der Waals surface area contributed by atoms with Crippen LogP contribution in [0.5, 0.6) is 11.5 Å². The van der Waals surface area contributed by atoms with Gasteiger partial charge in [0, 0.05) is 15.8 Å². The number of thioether (sulfide) groups is 1. The Kier molecular flexibility index (Phi) is 6.69. The molecule has 2 aromatic carbocycles. The lowest BCUT2D eigenvalue weighted by molar-refractivity contribution is -0.118. The second kappa shape index (κ2) is 8.75. The van der Waals surface area contributed by atoms with E-state index in [1.54, 1.807) is 6.92 Å². The molecule has 2 aromatic rings. The van der Waals surface area contributed by atoms with Gasteiger partial charge in [-0.1, -0.05) is 28.1 Å². The summed E-state index contributed by atoms with van der Waals surface area (Å²) >= 11 is 4.90. The number of hydrogen-bond donors (Lipinski definition) is 3. The predicted molar refractivity (Wildman–Crippen MR) is 100 cm³/mol. The number of aromatic hydroxyl groups is 2. The number of nitrogens with one attached hydrogen (secondary N) is 1. The molecular weight excluding hydrogens is 392 g/mol. The summed E-state index contributed by atoms with van der Waals surface area (Å²) < 4.78 is 1.01. The molecule has 0 unspecified atom stereocenters. The third-order valence-electron chi connectivity index (χ3n) is 3.11. The zero-order chi connectivity index (χ0) is 17.5. The lowest BCUT2D eigenvalue weighted by Crippen LogP contribution is -2.21. The number of phenols is 2. The highest BCUT2D eigenvalue weighted by Crippen LogP contribution is 2.22. The van der Waals surface area contributed by atoms with E-state index in [-0.39, 0.29) is 23.2 Å². The number of carbonyl (C=O) groups is 1. The van der Waals surface area contributed by atoms with E-state index in [2.05, 4.69) is 26.5 Å². The Morgan fingerprint density at radius 3 is 2.79 bits per heavy atom. The number of hydrogen-bond acceptors (Lipinski definition) is 5. The monoisotopic (exact) mass is 408 g/mol. The van der Waals surface area contributed by atoms with Crippen LogP contribution in [0.1, 0.15) is 18.1 Å². The Morgan fingerprint density at radius 1 is 1.25 bits per heavy atom. The van der Waals surface area contributed by atoms with E-state index < -0.39 is 0 Å². The number of rotatable bonds is 6. The fourth-order valence-electron chi connectivity index (χ4n) is 1.94. The molecule has 0 aliphatic rings. The molecule has 126 valence electrons. The maximum atomic E-state index is 11.8. The molecule has 24 heavy (non-hydrogen) atoms. The topological polar surface area (TPSA) is 81.9 Å². The first-order valence-electron chi connectivity index (χ1n) is 7.13. The Labute approximate surface area is 152 Å². The number of carbonyl (C=O) groups excluding carboxylic acids is 1. The molecule has 0 fully saturated rings. The van der Waals surface area contributed by atoms with Crippen LogP contribution < -0.4 is 5.43 Å². The van der Waals surface area contributed by atoms with E-state index in [4.69, 9.17) is 0 Å². The van der Waals surface area contributed by atoms with Crippen molar-refractivity contribution in [1.29, 1.82) is 0 Å². The van der Waals surface area contributed by atoms with Gasteiger partial charge in [-0.15, -0.1) is 11.8 Å². The molecule has 0 bridgehead atoms. The van der Waals surface area contributed by atoms with Crippen LogP contribution in [-0.4, -0.2) is 27.6 Å². The molecule has 1 amide bonds. The van der Waals surface area contributed by atoms with Crippen molar-refractivity contribution in [2.75, 3.05) is 5.75 Å². The number of phenolic OH excluding ortho intramolecular Hbond substituents is 2. The molecule has 3 N–H and O–H groups in total. The second-order valence-electron chi connectivity index (χ2n) is 5.06. The zero-order valence-electron chi connectivity index (χ0n) is 13.0. The van der Waals surface area contributed by atoms with Gasteiger partial charge in [-0.25, -0.2) is 5.43 Å². The Hall–Kier alpha value is -1.99. The number of hydrazone groups is 1. The summed E-state index contributed by atoms with van der Waals surface area (Å²) in [5.74, 6) is 0.785. The van der Waals surface area contributed by atoms with E-state index in [0.29, 0.717) is 11.3 Å². The minimum Gasteiger partial charge on any atom is -0.508 e. The highest BCUT2D eigenvalue weighted by Gasteiger charge is 2.07. The van der Waals surface area contributed by atoms with Gasteiger partial charge in [-0.05, 0) is 42.8 Å². The summed E-state index contributed by atoms with van der Waals surface area (Å²) in [6.45, 7) is 1.64. The van der Waals surface area contributed by atoms with Gasteiger partial charge in [0.25, 0.3) is 0 Å². The normalized spacial score (nSPS) is 11.3.